The summed E-state index contributed by atoms with van der Waals surface area (Å²) in [6.07, 6.45) is 7.88. The number of hydrogen-bond donors (Lipinski definition) is 1. The number of fused-ring (bicyclic) bond motifs is 2. The van der Waals surface area contributed by atoms with Crippen LogP contribution in [-0.2, 0) is 25.7 Å². The Labute approximate surface area is 228 Å². The molecule has 1 N–H and O–H groups in total. The van der Waals surface area contributed by atoms with Gasteiger partial charge in [-0.25, -0.2) is 0 Å². The summed E-state index contributed by atoms with van der Waals surface area (Å²) in [5, 5.41) is 9.60. The smallest absolute Gasteiger partial charge is 0.249 e. The number of aliphatic hydroxyl groups excluding tert-OH is 1. The molecule has 6 rings (SSSR count). The van der Waals surface area contributed by atoms with Gasteiger partial charge in [0.15, 0.2) is 0 Å². The van der Waals surface area contributed by atoms with Crippen molar-refractivity contribution >= 4 is 23.4 Å². The lowest BCUT2D eigenvalue weighted by atomic mass is 9.74. The maximum Gasteiger partial charge on any atom is 0.249 e. The quantitative estimate of drug-likeness (QED) is 0.584. The minimum atomic E-state index is -1.30. The van der Waals surface area contributed by atoms with Gasteiger partial charge in [-0.05, 0) is 31.0 Å². The molecule has 0 radical (unpaired) electrons. The molecule has 4 aliphatic heterocycles. The first kappa shape index (κ1) is 25.5. The lowest BCUT2D eigenvalue weighted by Gasteiger charge is -2.37. The zero-order chi connectivity index (χ0) is 27.2. The first-order valence-corrected chi connectivity index (χ1v) is 13.6. The second-order valence-corrected chi connectivity index (χ2v) is 10.9. The first-order valence-electron chi connectivity index (χ1n) is 13.6. The standard InChI is InChI=1S/C31H33N3O5/c1-30-15-8-18-33(23-13-6-3-7-14-23)27(36)24(30)25-28(37)34(19-10-20-35)26-29(38)32(17-9-16-31(25,26)39-30)21-22-11-4-2-5-12-22/h2-9,11-16,24-26,35H,10,17-21H2,1H3/t24-,25-,26?,30+,31-/m0/s1. The van der Waals surface area contributed by atoms with Crippen LogP contribution in [0.2, 0.25) is 0 Å². The molecule has 2 aromatic rings. The highest BCUT2D eigenvalue weighted by Gasteiger charge is 2.74. The predicted molar refractivity (Wildman–Crippen MR) is 145 cm³/mol. The number of carbonyl (C=O) groups excluding carboxylic acids is 3. The van der Waals surface area contributed by atoms with Crippen LogP contribution in [0, 0.1) is 11.8 Å². The average molecular weight is 528 g/mol. The molecule has 1 spiro atoms. The molecule has 4 heterocycles. The van der Waals surface area contributed by atoms with E-state index in [9.17, 15) is 19.5 Å². The number of amides is 3. The highest BCUT2D eigenvalue weighted by atomic mass is 16.5. The fourth-order valence-electron chi connectivity index (χ4n) is 6.84. The Morgan fingerprint density at radius 3 is 2.28 bits per heavy atom. The third-order valence-electron chi connectivity index (χ3n) is 8.48. The van der Waals surface area contributed by atoms with Gasteiger partial charge in [0.2, 0.25) is 17.7 Å². The second-order valence-electron chi connectivity index (χ2n) is 10.9. The summed E-state index contributed by atoms with van der Waals surface area (Å²) in [5.41, 5.74) is -0.632. The summed E-state index contributed by atoms with van der Waals surface area (Å²) in [6, 6.07) is 18.2. The largest absolute Gasteiger partial charge is 0.396 e. The molecule has 0 aromatic heterocycles. The van der Waals surface area contributed by atoms with Crippen molar-refractivity contribution in [2.75, 3.05) is 31.1 Å². The van der Waals surface area contributed by atoms with E-state index < -0.39 is 29.1 Å². The van der Waals surface area contributed by atoms with Crippen LogP contribution in [0.5, 0.6) is 0 Å². The summed E-state index contributed by atoms with van der Waals surface area (Å²) >= 11 is 0. The third kappa shape index (κ3) is 4.01. The monoisotopic (exact) mass is 527 g/mol. The Hall–Kier alpha value is -3.75. The van der Waals surface area contributed by atoms with Gasteiger partial charge in [-0.3, -0.25) is 14.4 Å². The number of hydrogen-bond acceptors (Lipinski definition) is 5. The van der Waals surface area contributed by atoms with Gasteiger partial charge >= 0.3 is 0 Å². The number of ether oxygens (including phenoxy) is 1. The van der Waals surface area contributed by atoms with Crippen molar-refractivity contribution in [3.63, 3.8) is 0 Å². The van der Waals surface area contributed by atoms with Crippen molar-refractivity contribution in [3.05, 3.63) is 90.5 Å². The van der Waals surface area contributed by atoms with Gasteiger partial charge in [0.05, 0.1) is 17.4 Å². The van der Waals surface area contributed by atoms with Crippen LogP contribution in [-0.4, -0.2) is 76.1 Å². The lowest BCUT2D eigenvalue weighted by molar-refractivity contribution is -0.151. The maximum absolute atomic E-state index is 14.3. The van der Waals surface area contributed by atoms with E-state index in [2.05, 4.69) is 0 Å². The van der Waals surface area contributed by atoms with E-state index in [-0.39, 0.29) is 30.9 Å². The summed E-state index contributed by atoms with van der Waals surface area (Å²) in [7, 11) is 0. The number of para-hydroxylation sites is 1. The number of rotatable bonds is 6. The van der Waals surface area contributed by atoms with Gasteiger partial charge in [0, 0.05) is 38.5 Å². The van der Waals surface area contributed by atoms with Crippen LogP contribution in [0.4, 0.5) is 5.69 Å². The van der Waals surface area contributed by atoms with Crippen molar-refractivity contribution in [2.45, 2.75) is 37.1 Å². The number of carbonyl (C=O) groups is 3. The van der Waals surface area contributed by atoms with Crippen molar-refractivity contribution in [1.82, 2.24) is 9.80 Å². The average Bonchev–Trinajstić information content (AvgIpc) is 3.21. The molecule has 0 aliphatic carbocycles. The van der Waals surface area contributed by atoms with E-state index >= 15 is 0 Å². The minimum Gasteiger partial charge on any atom is -0.396 e. The number of likely N-dealkylation sites (tertiary alicyclic amines) is 1. The van der Waals surface area contributed by atoms with Crippen molar-refractivity contribution in [2.24, 2.45) is 11.8 Å². The fourth-order valence-corrected chi connectivity index (χ4v) is 6.84. The molecule has 1 unspecified atom stereocenters. The number of benzene rings is 2. The molecule has 2 fully saturated rings. The van der Waals surface area contributed by atoms with Crippen molar-refractivity contribution in [3.8, 4) is 0 Å². The highest BCUT2D eigenvalue weighted by Crippen LogP contribution is 2.57. The third-order valence-corrected chi connectivity index (χ3v) is 8.48. The SMILES string of the molecule is C[C@@]12C=CCN(c3ccccc3)C(=O)[C@@H]1[C@H]1C(=O)N(CCCO)C3C(=O)N(Cc4ccccc4)CC=C[C@@]31O2. The Morgan fingerprint density at radius 1 is 0.872 bits per heavy atom. The maximum atomic E-state index is 14.3. The van der Waals surface area contributed by atoms with E-state index in [1.165, 1.54) is 0 Å². The second kappa shape index (κ2) is 9.77. The number of anilines is 1. The topological polar surface area (TPSA) is 90.4 Å². The molecule has 5 atom stereocenters. The molecular weight excluding hydrogens is 494 g/mol. The Kier molecular flexibility index (Phi) is 6.40. The normalized spacial score (nSPS) is 31.7. The van der Waals surface area contributed by atoms with E-state index in [0.29, 0.717) is 26.1 Å². The Balaban J connectivity index is 1.43. The van der Waals surface area contributed by atoms with Gasteiger partial charge in [-0.2, -0.15) is 0 Å². The summed E-state index contributed by atoms with van der Waals surface area (Å²) in [4.78, 5) is 47.7. The van der Waals surface area contributed by atoms with Gasteiger partial charge < -0.3 is 24.5 Å². The number of nitrogens with zero attached hydrogens (tertiary/aromatic N) is 3. The lowest BCUT2D eigenvalue weighted by Crippen LogP contribution is -2.55. The summed E-state index contributed by atoms with van der Waals surface area (Å²) in [5.74, 6) is -2.38. The van der Waals surface area contributed by atoms with Gasteiger partial charge in [-0.1, -0.05) is 72.8 Å². The molecular formula is C31H33N3O5. The van der Waals surface area contributed by atoms with Crippen LogP contribution in [0.1, 0.15) is 18.9 Å². The molecule has 8 heteroatoms. The van der Waals surface area contributed by atoms with Gasteiger partial charge in [0.1, 0.15) is 11.6 Å². The molecule has 39 heavy (non-hydrogen) atoms. The fraction of sp³-hybridized carbons (Fsp3) is 0.387. The molecule has 2 aromatic carbocycles. The molecule has 8 nitrogen and oxygen atoms in total. The van der Waals surface area contributed by atoms with Gasteiger partial charge in [-0.15, -0.1) is 0 Å². The van der Waals surface area contributed by atoms with Crippen molar-refractivity contribution in [1.29, 1.82) is 0 Å². The molecule has 0 saturated carbocycles. The van der Waals surface area contributed by atoms with E-state index in [1.54, 1.807) is 14.7 Å². The zero-order valence-electron chi connectivity index (χ0n) is 22.0. The van der Waals surface area contributed by atoms with Crippen LogP contribution < -0.4 is 4.90 Å². The summed E-state index contributed by atoms with van der Waals surface area (Å²) in [6.45, 7) is 3.06. The van der Waals surface area contributed by atoms with Crippen molar-refractivity contribution < 1.29 is 24.2 Å². The van der Waals surface area contributed by atoms with Crippen LogP contribution >= 0.6 is 0 Å². The highest BCUT2D eigenvalue weighted by molar-refractivity contribution is 6.04. The molecule has 0 bridgehead atoms. The van der Waals surface area contributed by atoms with Crippen LogP contribution in [0.3, 0.4) is 0 Å². The van der Waals surface area contributed by atoms with E-state index in [4.69, 9.17) is 4.74 Å². The molecule has 202 valence electrons. The molecule has 3 amide bonds. The minimum absolute atomic E-state index is 0.114. The Bertz CT molecular complexity index is 1330. The molecule has 4 aliphatic rings. The Morgan fingerprint density at radius 2 is 1.56 bits per heavy atom. The first-order chi connectivity index (χ1) is 18.9. The molecule has 2 saturated heterocycles. The zero-order valence-corrected chi connectivity index (χ0v) is 22.0. The number of aliphatic hydroxyl groups is 1. The van der Waals surface area contributed by atoms with E-state index in [0.717, 1.165) is 11.3 Å². The summed E-state index contributed by atoms with van der Waals surface area (Å²) < 4.78 is 6.84. The van der Waals surface area contributed by atoms with Crippen LogP contribution in [0.25, 0.3) is 0 Å². The van der Waals surface area contributed by atoms with Gasteiger partial charge in [0.25, 0.3) is 0 Å². The van der Waals surface area contributed by atoms with E-state index in [1.807, 2.05) is 91.9 Å². The predicted octanol–water partition coefficient (Wildman–Crippen LogP) is 2.54. The van der Waals surface area contributed by atoms with Crippen LogP contribution in [0.15, 0.2) is 85.0 Å².